The van der Waals surface area contributed by atoms with Crippen LogP contribution in [0.2, 0.25) is 0 Å². The van der Waals surface area contributed by atoms with Gasteiger partial charge in [-0.05, 0) is 32.1 Å². The van der Waals surface area contributed by atoms with Crippen LogP contribution in [0.25, 0.3) is 0 Å². The van der Waals surface area contributed by atoms with Crippen LogP contribution in [0.15, 0.2) is 0 Å². The highest BCUT2D eigenvalue weighted by atomic mass is 16.4. The number of carboxylic acids is 1. The molecule has 6 heteroatoms. The summed E-state index contributed by atoms with van der Waals surface area (Å²) in [4.78, 5) is 36.3. The second kappa shape index (κ2) is 11.0. The Labute approximate surface area is 138 Å². The number of hydrogen-bond acceptors (Lipinski definition) is 3. The molecule has 1 saturated heterocycles. The minimum absolute atomic E-state index is 0.0302. The number of amides is 2. The van der Waals surface area contributed by atoms with Gasteiger partial charge in [-0.25, -0.2) is 0 Å². The molecule has 2 amide bonds. The average molecular weight is 326 g/mol. The summed E-state index contributed by atoms with van der Waals surface area (Å²) in [6.07, 6.45) is 7.93. The first-order valence-corrected chi connectivity index (χ1v) is 8.85. The maximum Gasteiger partial charge on any atom is 0.303 e. The van der Waals surface area contributed by atoms with Crippen molar-refractivity contribution in [1.82, 2.24) is 10.2 Å². The lowest BCUT2D eigenvalue weighted by Crippen LogP contribution is -2.51. The van der Waals surface area contributed by atoms with E-state index in [0.29, 0.717) is 19.5 Å². The third-order valence-electron chi connectivity index (χ3n) is 4.29. The molecule has 6 nitrogen and oxygen atoms in total. The number of carbonyl (C=O) groups excluding carboxylic acids is 2. The lowest BCUT2D eigenvalue weighted by molar-refractivity contribution is -0.142. The molecule has 0 aromatic carbocycles. The van der Waals surface area contributed by atoms with Gasteiger partial charge >= 0.3 is 5.97 Å². The van der Waals surface area contributed by atoms with Crippen LogP contribution in [0, 0.1) is 0 Å². The molecule has 132 valence electrons. The third-order valence-corrected chi connectivity index (χ3v) is 4.29. The predicted octanol–water partition coefficient (Wildman–Crippen LogP) is 2.32. The van der Waals surface area contributed by atoms with Crippen LogP contribution in [0.3, 0.4) is 0 Å². The van der Waals surface area contributed by atoms with Gasteiger partial charge in [0.05, 0.1) is 0 Å². The molecule has 1 heterocycles. The number of unbranched alkanes of at least 4 members (excludes halogenated alkanes) is 4. The number of rotatable bonds is 10. The van der Waals surface area contributed by atoms with Gasteiger partial charge in [-0.2, -0.15) is 0 Å². The molecule has 23 heavy (non-hydrogen) atoms. The molecular weight excluding hydrogens is 296 g/mol. The SMILES string of the molecule is CCC(=O)N1CCCCC1C(=O)NCCCCCCCC(=O)O. The fourth-order valence-electron chi connectivity index (χ4n) is 2.97. The van der Waals surface area contributed by atoms with Crippen LogP contribution in [0.5, 0.6) is 0 Å². The molecule has 1 aliphatic heterocycles. The molecule has 0 bridgehead atoms. The van der Waals surface area contributed by atoms with Gasteiger partial charge in [0.15, 0.2) is 0 Å². The van der Waals surface area contributed by atoms with Crippen LogP contribution in [0.1, 0.15) is 71.1 Å². The fraction of sp³-hybridized carbons (Fsp3) is 0.824. The lowest BCUT2D eigenvalue weighted by Gasteiger charge is -2.34. The summed E-state index contributed by atoms with van der Waals surface area (Å²) < 4.78 is 0. The zero-order chi connectivity index (χ0) is 17.1. The van der Waals surface area contributed by atoms with Crippen LogP contribution >= 0.6 is 0 Å². The van der Waals surface area contributed by atoms with Gasteiger partial charge in [-0.15, -0.1) is 0 Å². The molecule has 0 saturated carbocycles. The number of aliphatic carboxylic acids is 1. The van der Waals surface area contributed by atoms with E-state index >= 15 is 0 Å². The quantitative estimate of drug-likeness (QED) is 0.603. The summed E-state index contributed by atoms with van der Waals surface area (Å²) in [5.74, 6) is -0.711. The molecule has 1 unspecified atom stereocenters. The number of likely N-dealkylation sites (tertiary alicyclic amines) is 1. The van der Waals surface area contributed by atoms with Crippen molar-refractivity contribution >= 4 is 17.8 Å². The molecule has 0 spiro atoms. The highest BCUT2D eigenvalue weighted by Crippen LogP contribution is 2.18. The van der Waals surface area contributed by atoms with Gasteiger partial charge in [0, 0.05) is 25.9 Å². The zero-order valence-electron chi connectivity index (χ0n) is 14.2. The van der Waals surface area contributed by atoms with Crippen molar-refractivity contribution in [3.05, 3.63) is 0 Å². The maximum atomic E-state index is 12.3. The van der Waals surface area contributed by atoms with Crippen molar-refractivity contribution in [2.45, 2.75) is 77.2 Å². The first kappa shape index (κ1) is 19.5. The minimum Gasteiger partial charge on any atom is -0.481 e. The Morgan fingerprint density at radius 3 is 2.48 bits per heavy atom. The summed E-state index contributed by atoms with van der Waals surface area (Å²) in [5, 5.41) is 11.5. The summed E-state index contributed by atoms with van der Waals surface area (Å²) in [6, 6.07) is -0.299. The van der Waals surface area contributed by atoms with E-state index in [2.05, 4.69) is 5.32 Å². The van der Waals surface area contributed by atoms with E-state index in [1.54, 1.807) is 4.90 Å². The molecule has 0 aliphatic carbocycles. The highest BCUT2D eigenvalue weighted by molar-refractivity contribution is 5.87. The summed E-state index contributed by atoms with van der Waals surface area (Å²) >= 11 is 0. The Bertz CT molecular complexity index is 398. The highest BCUT2D eigenvalue weighted by Gasteiger charge is 2.30. The third kappa shape index (κ3) is 7.48. The number of carboxylic acid groups (broad SMARTS) is 1. The van der Waals surface area contributed by atoms with Crippen molar-refractivity contribution in [3.8, 4) is 0 Å². The van der Waals surface area contributed by atoms with Crippen LogP contribution in [0.4, 0.5) is 0 Å². The molecule has 0 aromatic rings. The molecule has 0 aromatic heterocycles. The summed E-state index contributed by atoms with van der Waals surface area (Å²) in [6.45, 7) is 3.15. The molecular formula is C17H30N2O4. The first-order chi connectivity index (χ1) is 11.1. The molecule has 1 aliphatic rings. The summed E-state index contributed by atoms with van der Waals surface area (Å²) in [7, 11) is 0. The van der Waals surface area contributed by atoms with E-state index in [1.165, 1.54) is 0 Å². The molecule has 2 N–H and O–H groups in total. The molecule has 1 fully saturated rings. The molecule has 1 atom stereocenters. The van der Waals surface area contributed by atoms with Crippen molar-refractivity contribution in [2.75, 3.05) is 13.1 Å². The van der Waals surface area contributed by atoms with E-state index in [1.807, 2.05) is 6.92 Å². The van der Waals surface area contributed by atoms with Gasteiger partial charge in [-0.3, -0.25) is 14.4 Å². The fourth-order valence-corrected chi connectivity index (χ4v) is 2.97. The van der Waals surface area contributed by atoms with E-state index < -0.39 is 5.97 Å². The van der Waals surface area contributed by atoms with Gasteiger partial charge in [0.25, 0.3) is 0 Å². The first-order valence-electron chi connectivity index (χ1n) is 8.85. The maximum absolute atomic E-state index is 12.3. The van der Waals surface area contributed by atoms with E-state index in [-0.39, 0.29) is 24.3 Å². The summed E-state index contributed by atoms with van der Waals surface area (Å²) in [5.41, 5.74) is 0. The van der Waals surface area contributed by atoms with Crippen LogP contribution < -0.4 is 5.32 Å². The largest absolute Gasteiger partial charge is 0.481 e. The van der Waals surface area contributed by atoms with E-state index in [4.69, 9.17) is 5.11 Å². The Kier molecular flexibility index (Phi) is 9.33. The number of carbonyl (C=O) groups is 3. The van der Waals surface area contributed by atoms with Crippen LogP contribution in [-0.4, -0.2) is 46.9 Å². The Hall–Kier alpha value is -1.59. The van der Waals surface area contributed by atoms with E-state index in [9.17, 15) is 14.4 Å². The van der Waals surface area contributed by atoms with Gasteiger partial charge < -0.3 is 15.3 Å². The Balaban J connectivity index is 2.17. The van der Waals surface area contributed by atoms with Crippen molar-refractivity contribution in [1.29, 1.82) is 0 Å². The average Bonchev–Trinajstić information content (AvgIpc) is 2.56. The van der Waals surface area contributed by atoms with Gasteiger partial charge in [0.2, 0.25) is 11.8 Å². The number of hydrogen-bond donors (Lipinski definition) is 2. The molecule has 0 radical (unpaired) electrons. The predicted molar refractivity (Wildman–Crippen MR) is 88.0 cm³/mol. The Morgan fingerprint density at radius 1 is 1.09 bits per heavy atom. The minimum atomic E-state index is -0.740. The Morgan fingerprint density at radius 2 is 1.78 bits per heavy atom. The smallest absolute Gasteiger partial charge is 0.303 e. The topological polar surface area (TPSA) is 86.7 Å². The lowest BCUT2D eigenvalue weighted by atomic mass is 10.0. The van der Waals surface area contributed by atoms with Gasteiger partial charge in [-0.1, -0.05) is 26.2 Å². The van der Waals surface area contributed by atoms with E-state index in [0.717, 1.165) is 51.4 Å². The number of nitrogens with one attached hydrogen (secondary N) is 1. The normalized spacial score (nSPS) is 17.8. The van der Waals surface area contributed by atoms with Crippen molar-refractivity contribution < 1.29 is 19.5 Å². The van der Waals surface area contributed by atoms with Crippen LogP contribution in [-0.2, 0) is 14.4 Å². The monoisotopic (exact) mass is 326 g/mol. The van der Waals surface area contributed by atoms with Gasteiger partial charge in [0.1, 0.15) is 6.04 Å². The van der Waals surface area contributed by atoms with Crippen molar-refractivity contribution in [3.63, 3.8) is 0 Å². The number of piperidine rings is 1. The number of nitrogens with zero attached hydrogens (tertiary/aromatic N) is 1. The second-order valence-corrected chi connectivity index (χ2v) is 6.15. The molecule has 1 rings (SSSR count). The second-order valence-electron chi connectivity index (χ2n) is 6.15. The van der Waals surface area contributed by atoms with Crippen molar-refractivity contribution in [2.24, 2.45) is 0 Å². The standard InChI is InChI=1S/C17H30N2O4/c1-2-15(20)19-13-9-7-10-14(19)17(23)18-12-8-5-3-4-6-11-16(21)22/h14H,2-13H2,1H3,(H,18,23)(H,21,22). The zero-order valence-corrected chi connectivity index (χ0v) is 14.2.